The molecule has 72 valence electrons. The van der Waals surface area contributed by atoms with Crippen molar-refractivity contribution in [1.29, 1.82) is 0 Å². The summed E-state index contributed by atoms with van der Waals surface area (Å²) in [4.78, 5) is 0. The summed E-state index contributed by atoms with van der Waals surface area (Å²) < 4.78 is 1.69. The molecule has 0 unspecified atom stereocenters. The zero-order chi connectivity index (χ0) is 10.1. The number of aromatic nitrogens is 3. The molecule has 0 amide bonds. The first-order valence-electron chi connectivity index (χ1n) is 4.43. The van der Waals surface area contributed by atoms with Crippen LogP contribution in [0.15, 0.2) is 24.4 Å². The van der Waals surface area contributed by atoms with Crippen LogP contribution >= 0.6 is 0 Å². The molecule has 1 aromatic carbocycles. The van der Waals surface area contributed by atoms with Crippen LogP contribution in [-0.2, 0) is 0 Å². The highest BCUT2D eigenvalue weighted by atomic mass is 15.4. The van der Waals surface area contributed by atoms with Crippen molar-refractivity contribution in [2.24, 2.45) is 0 Å². The second-order valence-electron chi connectivity index (χ2n) is 3.31. The summed E-state index contributed by atoms with van der Waals surface area (Å²) >= 11 is 0. The quantitative estimate of drug-likeness (QED) is 0.737. The molecular weight excluding hydrogens is 176 g/mol. The standard InChI is InChI=1S/C10H12N4/c1-7-4-3-5-9(8(7)2)14-6-10(11)12-13-14/h3-6H,11H2,1-2H3. The van der Waals surface area contributed by atoms with E-state index in [0.29, 0.717) is 5.82 Å². The number of nitrogens with two attached hydrogens (primary N) is 1. The molecule has 2 rings (SSSR count). The fourth-order valence-electron chi connectivity index (χ4n) is 1.38. The Balaban J connectivity index is 2.57. The van der Waals surface area contributed by atoms with E-state index in [1.807, 2.05) is 12.1 Å². The summed E-state index contributed by atoms with van der Waals surface area (Å²) in [5, 5.41) is 7.68. The highest BCUT2D eigenvalue weighted by Gasteiger charge is 2.04. The largest absolute Gasteiger partial charge is 0.381 e. The van der Waals surface area contributed by atoms with E-state index in [2.05, 4.69) is 30.2 Å². The van der Waals surface area contributed by atoms with Crippen LogP contribution in [-0.4, -0.2) is 15.0 Å². The molecule has 14 heavy (non-hydrogen) atoms. The van der Waals surface area contributed by atoms with Gasteiger partial charge in [0, 0.05) is 0 Å². The van der Waals surface area contributed by atoms with Gasteiger partial charge in [-0.2, -0.15) is 0 Å². The van der Waals surface area contributed by atoms with Crippen molar-refractivity contribution in [2.75, 3.05) is 5.73 Å². The molecule has 0 aliphatic rings. The smallest absolute Gasteiger partial charge is 0.166 e. The Hall–Kier alpha value is -1.84. The minimum atomic E-state index is 0.436. The van der Waals surface area contributed by atoms with Gasteiger partial charge in [0.25, 0.3) is 0 Å². The van der Waals surface area contributed by atoms with Gasteiger partial charge in [-0.1, -0.05) is 17.3 Å². The summed E-state index contributed by atoms with van der Waals surface area (Å²) in [6.45, 7) is 4.13. The highest BCUT2D eigenvalue weighted by molar-refractivity contribution is 5.44. The van der Waals surface area contributed by atoms with Crippen molar-refractivity contribution in [3.8, 4) is 5.69 Å². The Morgan fingerprint density at radius 2 is 2.07 bits per heavy atom. The fourth-order valence-corrected chi connectivity index (χ4v) is 1.38. The van der Waals surface area contributed by atoms with E-state index in [9.17, 15) is 0 Å². The number of benzene rings is 1. The zero-order valence-electron chi connectivity index (χ0n) is 8.23. The summed E-state index contributed by atoms with van der Waals surface area (Å²) in [6, 6.07) is 6.06. The highest BCUT2D eigenvalue weighted by Crippen LogP contribution is 2.16. The molecule has 2 aromatic rings. The van der Waals surface area contributed by atoms with Crippen LogP contribution in [0.4, 0.5) is 5.82 Å². The van der Waals surface area contributed by atoms with Crippen molar-refractivity contribution >= 4 is 5.82 Å². The first-order valence-corrected chi connectivity index (χ1v) is 4.43. The summed E-state index contributed by atoms with van der Waals surface area (Å²) in [5.41, 5.74) is 8.96. The van der Waals surface area contributed by atoms with Crippen molar-refractivity contribution in [3.63, 3.8) is 0 Å². The maximum absolute atomic E-state index is 5.51. The van der Waals surface area contributed by atoms with E-state index < -0.39 is 0 Å². The summed E-state index contributed by atoms with van der Waals surface area (Å²) in [5.74, 6) is 0.436. The minimum Gasteiger partial charge on any atom is -0.381 e. The molecule has 4 nitrogen and oxygen atoms in total. The number of rotatable bonds is 1. The molecule has 0 atom stereocenters. The van der Waals surface area contributed by atoms with Crippen LogP contribution in [0, 0.1) is 13.8 Å². The molecule has 2 N–H and O–H groups in total. The molecule has 0 fully saturated rings. The lowest BCUT2D eigenvalue weighted by Gasteiger charge is -2.06. The fraction of sp³-hybridized carbons (Fsp3) is 0.200. The number of hydrogen-bond donors (Lipinski definition) is 1. The molecule has 1 aromatic heterocycles. The Kier molecular flexibility index (Phi) is 1.96. The van der Waals surface area contributed by atoms with E-state index >= 15 is 0 Å². The topological polar surface area (TPSA) is 56.7 Å². The average molecular weight is 188 g/mol. The predicted molar refractivity (Wildman–Crippen MR) is 55.2 cm³/mol. The second-order valence-corrected chi connectivity index (χ2v) is 3.31. The summed E-state index contributed by atoms with van der Waals surface area (Å²) in [7, 11) is 0. The van der Waals surface area contributed by atoms with Gasteiger partial charge in [0.1, 0.15) is 0 Å². The first-order chi connectivity index (χ1) is 6.68. The number of hydrogen-bond acceptors (Lipinski definition) is 3. The van der Waals surface area contributed by atoms with E-state index in [1.54, 1.807) is 10.9 Å². The number of anilines is 1. The molecular formula is C10H12N4. The number of nitrogens with zero attached hydrogens (tertiary/aromatic N) is 3. The van der Waals surface area contributed by atoms with Crippen LogP contribution in [0.1, 0.15) is 11.1 Å². The molecule has 1 heterocycles. The van der Waals surface area contributed by atoms with Crippen molar-refractivity contribution in [3.05, 3.63) is 35.5 Å². The first kappa shape index (κ1) is 8.74. The normalized spacial score (nSPS) is 10.4. The third kappa shape index (κ3) is 1.35. The van der Waals surface area contributed by atoms with Crippen molar-refractivity contribution in [1.82, 2.24) is 15.0 Å². The molecule has 0 aliphatic carbocycles. The van der Waals surface area contributed by atoms with Gasteiger partial charge in [-0.05, 0) is 31.0 Å². The van der Waals surface area contributed by atoms with Gasteiger partial charge in [0.2, 0.25) is 0 Å². The van der Waals surface area contributed by atoms with Crippen LogP contribution in [0.2, 0.25) is 0 Å². The molecule has 4 heteroatoms. The third-order valence-electron chi connectivity index (χ3n) is 2.33. The van der Waals surface area contributed by atoms with Gasteiger partial charge < -0.3 is 5.73 Å². The predicted octanol–water partition coefficient (Wildman–Crippen LogP) is 1.47. The Morgan fingerprint density at radius 3 is 2.71 bits per heavy atom. The Labute approximate surface area is 82.4 Å². The number of nitrogen functional groups attached to an aromatic ring is 1. The Morgan fingerprint density at radius 1 is 1.29 bits per heavy atom. The SMILES string of the molecule is Cc1cccc(-n2cc(N)nn2)c1C. The number of aryl methyl sites for hydroxylation is 1. The average Bonchev–Trinajstić information content (AvgIpc) is 2.57. The van der Waals surface area contributed by atoms with E-state index in [1.165, 1.54) is 11.1 Å². The van der Waals surface area contributed by atoms with Gasteiger partial charge in [0.15, 0.2) is 5.82 Å². The van der Waals surface area contributed by atoms with E-state index in [-0.39, 0.29) is 0 Å². The zero-order valence-corrected chi connectivity index (χ0v) is 8.23. The lowest BCUT2D eigenvalue weighted by atomic mass is 10.1. The van der Waals surface area contributed by atoms with Gasteiger partial charge >= 0.3 is 0 Å². The van der Waals surface area contributed by atoms with Crippen LogP contribution in [0.25, 0.3) is 5.69 Å². The van der Waals surface area contributed by atoms with Gasteiger partial charge in [-0.15, -0.1) is 5.10 Å². The molecule has 0 saturated carbocycles. The molecule has 0 saturated heterocycles. The van der Waals surface area contributed by atoms with Crippen LogP contribution in [0.5, 0.6) is 0 Å². The molecule has 0 spiro atoms. The van der Waals surface area contributed by atoms with E-state index in [4.69, 9.17) is 5.73 Å². The van der Waals surface area contributed by atoms with Crippen LogP contribution < -0.4 is 5.73 Å². The molecule has 0 bridgehead atoms. The van der Waals surface area contributed by atoms with Crippen LogP contribution in [0.3, 0.4) is 0 Å². The third-order valence-corrected chi connectivity index (χ3v) is 2.33. The monoisotopic (exact) mass is 188 g/mol. The molecule has 0 radical (unpaired) electrons. The Bertz CT molecular complexity index is 459. The second kappa shape index (κ2) is 3.14. The van der Waals surface area contributed by atoms with Crippen molar-refractivity contribution < 1.29 is 0 Å². The van der Waals surface area contributed by atoms with E-state index in [0.717, 1.165) is 5.69 Å². The maximum atomic E-state index is 5.51. The van der Waals surface area contributed by atoms with Crippen molar-refractivity contribution in [2.45, 2.75) is 13.8 Å². The lowest BCUT2D eigenvalue weighted by Crippen LogP contribution is -1.99. The van der Waals surface area contributed by atoms with Gasteiger partial charge in [0.05, 0.1) is 11.9 Å². The maximum Gasteiger partial charge on any atom is 0.166 e. The minimum absolute atomic E-state index is 0.436. The summed E-state index contributed by atoms with van der Waals surface area (Å²) in [6.07, 6.45) is 1.71. The van der Waals surface area contributed by atoms with Gasteiger partial charge in [-0.3, -0.25) is 0 Å². The molecule has 0 aliphatic heterocycles. The van der Waals surface area contributed by atoms with Gasteiger partial charge in [-0.25, -0.2) is 4.68 Å². The lowest BCUT2D eigenvalue weighted by molar-refractivity contribution is 0.798.